The number of nitrogens with zero attached hydrogens (tertiary/aromatic N) is 1. The smallest absolute Gasteiger partial charge is 0.343 e. The second kappa shape index (κ2) is 5.83. The Morgan fingerprint density at radius 2 is 1.76 bits per heavy atom. The zero-order valence-electron chi connectivity index (χ0n) is 10.7. The molecule has 5 N–H and O–H groups in total. The SMILES string of the molecule is NN=Cc1ccccc1OC(=O)c1cc(O)c(O)c(O)c1. The molecule has 0 saturated carbocycles. The third kappa shape index (κ3) is 3.03. The summed E-state index contributed by atoms with van der Waals surface area (Å²) in [6.07, 6.45) is 1.31. The van der Waals surface area contributed by atoms with Crippen molar-refractivity contribution in [1.82, 2.24) is 0 Å². The van der Waals surface area contributed by atoms with Crippen molar-refractivity contribution in [3.05, 3.63) is 47.5 Å². The van der Waals surface area contributed by atoms with Gasteiger partial charge in [-0.3, -0.25) is 0 Å². The molecule has 2 aromatic rings. The minimum atomic E-state index is -0.821. The van der Waals surface area contributed by atoms with Gasteiger partial charge in [-0.1, -0.05) is 12.1 Å². The van der Waals surface area contributed by atoms with Crippen LogP contribution in [0.1, 0.15) is 15.9 Å². The molecule has 21 heavy (non-hydrogen) atoms. The summed E-state index contributed by atoms with van der Waals surface area (Å²) in [6.45, 7) is 0. The van der Waals surface area contributed by atoms with E-state index in [1.165, 1.54) is 12.3 Å². The number of carbonyl (C=O) groups excluding carboxylic acids is 1. The number of hydrogen-bond donors (Lipinski definition) is 4. The van der Waals surface area contributed by atoms with Crippen LogP contribution in [-0.4, -0.2) is 27.5 Å². The molecule has 0 aliphatic rings. The van der Waals surface area contributed by atoms with Crippen LogP contribution < -0.4 is 10.6 Å². The predicted molar refractivity (Wildman–Crippen MR) is 74.6 cm³/mol. The van der Waals surface area contributed by atoms with Crippen molar-refractivity contribution in [3.8, 4) is 23.0 Å². The number of benzene rings is 2. The molecule has 0 fully saturated rings. The second-order valence-corrected chi connectivity index (χ2v) is 4.07. The molecule has 0 aliphatic heterocycles. The summed E-state index contributed by atoms with van der Waals surface area (Å²) in [5, 5.41) is 31.3. The quantitative estimate of drug-likeness (QED) is 0.168. The van der Waals surface area contributed by atoms with Crippen LogP contribution in [-0.2, 0) is 0 Å². The van der Waals surface area contributed by atoms with Crippen molar-refractivity contribution in [3.63, 3.8) is 0 Å². The Hall–Kier alpha value is -3.22. The van der Waals surface area contributed by atoms with Gasteiger partial charge in [0.2, 0.25) is 0 Å². The summed E-state index contributed by atoms with van der Waals surface area (Å²) in [5.41, 5.74) is 0.364. The van der Waals surface area contributed by atoms with Crippen molar-refractivity contribution in [1.29, 1.82) is 0 Å². The highest BCUT2D eigenvalue weighted by atomic mass is 16.5. The van der Waals surface area contributed by atoms with E-state index in [0.717, 1.165) is 12.1 Å². The van der Waals surface area contributed by atoms with E-state index in [0.29, 0.717) is 5.56 Å². The molecule has 0 unspecified atom stereocenters. The molecule has 0 saturated heterocycles. The molecule has 7 nitrogen and oxygen atoms in total. The fourth-order valence-electron chi connectivity index (χ4n) is 1.64. The van der Waals surface area contributed by atoms with Gasteiger partial charge in [0.05, 0.1) is 11.8 Å². The number of nitrogens with two attached hydrogens (primary N) is 1. The van der Waals surface area contributed by atoms with Crippen LogP contribution >= 0.6 is 0 Å². The number of ether oxygens (including phenoxy) is 1. The van der Waals surface area contributed by atoms with E-state index >= 15 is 0 Å². The normalized spacial score (nSPS) is 10.7. The maximum absolute atomic E-state index is 12.0. The molecule has 0 radical (unpaired) electrons. The van der Waals surface area contributed by atoms with Crippen molar-refractivity contribution in [2.75, 3.05) is 0 Å². The minimum absolute atomic E-state index is 0.123. The summed E-state index contributed by atoms with van der Waals surface area (Å²) in [7, 11) is 0. The third-order valence-electron chi connectivity index (χ3n) is 2.64. The van der Waals surface area contributed by atoms with E-state index in [2.05, 4.69) is 5.10 Å². The Bertz CT molecular complexity index is 689. The number of carbonyl (C=O) groups is 1. The molecule has 0 amide bonds. The fourth-order valence-corrected chi connectivity index (χ4v) is 1.64. The Kier molecular flexibility index (Phi) is 3.94. The van der Waals surface area contributed by atoms with Gasteiger partial charge in [0.1, 0.15) is 5.75 Å². The molecule has 0 heterocycles. The molecule has 0 aliphatic carbocycles. The number of hydrazone groups is 1. The van der Waals surface area contributed by atoms with Gasteiger partial charge in [0.25, 0.3) is 0 Å². The lowest BCUT2D eigenvalue weighted by Crippen LogP contribution is -2.09. The summed E-state index contributed by atoms with van der Waals surface area (Å²) in [5.74, 6) is 2.50. The summed E-state index contributed by atoms with van der Waals surface area (Å²) in [4.78, 5) is 12.0. The van der Waals surface area contributed by atoms with Crippen LogP contribution in [0, 0.1) is 0 Å². The van der Waals surface area contributed by atoms with E-state index in [4.69, 9.17) is 10.6 Å². The highest BCUT2D eigenvalue weighted by Crippen LogP contribution is 2.35. The average molecular weight is 288 g/mol. The maximum atomic E-state index is 12.0. The van der Waals surface area contributed by atoms with Gasteiger partial charge in [-0.25, -0.2) is 4.79 Å². The Labute approximate surface area is 119 Å². The van der Waals surface area contributed by atoms with Crippen LogP contribution in [0.4, 0.5) is 0 Å². The largest absolute Gasteiger partial charge is 0.504 e. The number of aromatic hydroxyl groups is 3. The van der Waals surface area contributed by atoms with Crippen LogP contribution in [0.5, 0.6) is 23.0 Å². The van der Waals surface area contributed by atoms with Gasteiger partial charge in [-0.15, -0.1) is 0 Å². The predicted octanol–water partition coefficient (Wildman–Crippen LogP) is 1.32. The average Bonchev–Trinajstić information content (AvgIpc) is 2.46. The minimum Gasteiger partial charge on any atom is -0.504 e. The Morgan fingerprint density at radius 3 is 2.38 bits per heavy atom. The van der Waals surface area contributed by atoms with Crippen molar-refractivity contribution < 1.29 is 24.9 Å². The van der Waals surface area contributed by atoms with Gasteiger partial charge in [0, 0.05) is 5.56 Å². The molecule has 0 spiro atoms. The molecule has 7 heteroatoms. The van der Waals surface area contributed by atoms with Crippen LogP contribution in [0.15, 0.2) is 41.5 Å². The van der Waals surface area contributed by atoms with Crippen LogP contribution in [0.2, 0.25) is 0 Å². The summed E-state index contributed by atoms with van der Waals surface area (Å²) < 4.78 is 5.14. The lowest BCUT2D eigenvalue weighted by Gasteiger charge is -2.08. The highest BCUT2D eigenvalue weighted by molar-refractivity contribution is 5.94. The maximum Gasteiger partial charge on any atom is 0.343 e. The standard InChI is InChI=1S/C14H12N2O5/c15-16-7-8-3-1-2-4-12(8)21-14(20)9-5-10(17)13(19)11(18)6-9/h1-7,17-19H,15H2. The molecule has 2 aromatic carbocycles. The topological polar surface area (TPSA) is 125 Å². The summed E-state index contributed by atoms with van der Waals surface area (Å²) in [6, 6.07) is 8.52. The number of phenolic OH excluding ortho intramolecular Hbond substituents is 3. The van der Waals surface area contributed by atoms with Gasteiger partial charge >= 0.3 is 5.97 Å². The lowest BCUT2D eigenvalue weighted by molar-refractivity contribution is 0.0733. The number of esters is 1. The van der Waals surface area contributed by atoms with Gasteiger partial charge in [0.15, 0.2) is 17.2 Å². The first-order valence-electron chi connectivity index (χ1n) is 5.82. The van der Waals surface area contributed by atoms with Crippen molar-refractivity contribution >= 4 is 12.2 Å². The van der Waals surface area contributed by atoms with Gasteiger partial charge < -0.3 is 25.9 Å². The van der Waals surface area contributed by atoms with Gasteiger partial charge in [-0.2, -0.15) is 5.10 Å². The van der Waals surface area contributed by atoms with Gasteiger partial charge in [-0.05, 0) is 24.3 Å². The van der Waals surface area contributed by atoms with E-state index in [9.17, 15) is 20.1 Å². The zero-order valence-corrected chi connectivity index (χ0v) is 10.7. The number of phenols is 3. The molecule has 2 rings (SSSR count). The number of hydrogen-bond acceptors (Lipinski definition) is 7. The first-order chi connectivity index (χ1) is 10.0. The van der Waals surface area contributed by atoms with E-state index in [-0.39, 0.29) is 11.3 Å². The van der Waals surface area contributed by atoms with Crippen molar-refractivity contribution in [2.45, 2.75) is 0 Å². The first-order valence-corrected chi connectivity index (χ1v) is 5.82. The number of para-hydroxylation sites is 1. The fraction of sp³-hybridized carbons (Fsp3) is 0. The Morgan fingerprint density at radius 1 is 1.14 bits per heavy atom. The van der Waals surface area contributed by atoms with Crippen LogP contribution in [0.25, 0.3) is 0 Å². The monoisotopic (exact) mass is 288 g/mol. The van der Waals surface area contributed by atoms with Crippen LogP contribution in [0.3, 0.4) is 0 Å². The third-order valence-corrected chi connectivity index (χ3v) is 2.64. The molecular weight excluding hydrogens is 276 g/mol. The lowest BCUT2D eigenvalue weighted by atomic mass is 10.2. The molecule has 0 atom stereocenters. The molecule has 0 bridgehead atoms. The summed E-state index contributed by atoms with van der Waals surface area (Å²) >= 11 is 0. The Balaban J connectivity index is 2.31. The number of rotatable bonds is 3. The molecule has 0 aromatic heterocycles. The van der Waals surface area contributed by atoms with Crippen molar-refractivity contribution in [2.24, 2.45) is 10.9 Å². The van der Waals surface area contributed by atoms with E-state index in [1.54, 1.807) is 18.2 Å². The highest BCUT2D eigenvalue weighted by Gasteiger charge is 2.16. The zero-order chi connectivity index (χ0) is 15.4. The van der Waals surface area contributed by atoms with E-state index in [1.807, 2.05) is 0 Å². The van der Waals surface area contributed by atoms with E-state index < -0.39 is 23.2 Å². The molecule has 108 valence electrons. The first kappa shape index (κ1) is 14.2. The molecular formula is C14H12N2O5. The second-order valence-electron chi connectivity index (χ2n) is 4.07.